The molecule has 132 valence electrons. The van der Waals surface area contributed by atoms with E-state index in [2.05, 4.69) is 0 Å². The van der Waals surface area contributed by atoms with Crippen molar-refractivity contribution >= 4 is 21.8 Å². The monoisotopic (exact) mass is 353 g/mol. The molecule has 1 saturated heterocycles. The second kappa shape index (κ2) is 7.76. The van der Waals surface area contributed by atoms with Crippen molar-refractivity contribution in [2.75, 3.05) is 18.8 Å². The Hall–Kier alpha value is -1.93. The standard InChI is InChI=1S/C16H23N3O4S/c17-16(21)14-4-1-3-12(10-14)9-13-6-7-19(11-13)15(20)5-2-8-24(18,22)23/h1,3-4,10,13H,2,5-9,11H2,(H2,17,21)(H2,18,22,23). The second-order valence-corrected chi connectivity index (χ2v) is 7.97. The van der Waals surface area contributed by atoms with E-state index in [9.17, 15) is 18.0 Å². The van der Waals surface area contributed by atoms with Crippen LogP contribution in [0.1, 0.15) is 35.2 Å². The van der Waals surface area contributed by atoms with Gasteiger partial charge in [-0.1, -0.05) is 12.1 Å². The van der Waals surface area contributed by atoms with E-state index in [1.165, 1.54) is 0 Å². The Balaban J connectivity index is 1.83. The summed E-state index contributed by atoms with van der Waals surface area (Å²) in [4.78, 5) is 25.1. The van der Waals surface area contributed by atoms with E-state index in [0.717, 1.165) is 18.4 Å². The fourth-order valence-corrected chi connectivity index (χ4v) is 3.54. The second-order valence-electron chi connectivity index (χ2n) is 6.23. The number of carbonyl (C=O) groups excluding carboxylic acids is 2. The van der Waals surface area contributed by atoms with Gasteiger partial charge in [-0.2, -0.15) is 0 Å². The van der Waals surface area contributed by atoms with E-state index in [1.54, 1.807) is 23.1 Å². The predicted octanol–water partition coefficient (Wildman–Crippen LogP) is 0.245. The third-order valence-electron chi connectivity index (χ3n) is 4.19. The summed E-state index contributed by atoms with van der Waals surface area (Å²) < 4.78 is 21.8. The fraction of sp³-hybridized carbons (Fsp3) is 0.500. The summed E-state index contributed by atoms with van der Waals surface area (Å²) in [5.41, 5.74) is 6.80. The zero-order valence-electron chi connectivity index (χ0n) is 13.5. The molecule has 8 heteroatoms. The number of carbonyl (C=O) groups is 2. The summed E-state index contributed by atoms with van der Waals surface area (Å²) in [6.45, 7) is 1.32. The summed E-state index contributed by atoms with van der Waals surface area (Å²) in [5.74, 6) is -0.326. The summed E-state index contributed by atoms with van der Waals surface area (Å²) in [6, 6.07) is 7.23. The van der Waals surface area contributed by atoms with Crippen molar-refractivity contribution in [2.24, 2.45) is 16.8 Å². The average molecular weight is 353 g/mol. The zero-order chi connectivity index (χ0) is 17.7. The highest BCUT2D eigenvalue weighted by Crippen LogP contribution is 2.22. The van der Waals surface area contributed by atoms with Crippen molar-refractivity contribution in [3.63, 3.8) is 0 Å². The third kappa shape index (κ3) is 5.61. The SMILES string of the molecule is NC(=O)c1cccc(CC2CCN(C(=O)CCCS(N)(=O)=O)C2)c1. The van der Waals surface area contributed by atoms with Gasteiger partial charge in [-0.05, 0) is 42.9 Å². The van der Waals surface area contributed by atoms with Crippen LogP contribution in [0.4, 0.5) is 0 Å². The highest BCUT2D eigenvalue weighted by atomic mass is 32.2. The van der Waals surface area contributed by atoms with E-state index >= 15 is 0 Å². The number of amides is 2. The van der Waals surface area contributed by atoms with E-state index in [4.69, 9.17) is 10.9 Å². The normalized spacial score (nSPS) is 17.9. The van der Waals surface area contributed by atoms with E-state index in [0.29, 0.717) is 24.6 Å². The van der Waals surface area contributed by atoms with Crippen LogP contribution >= 0.6 is 0 Å². The molecule has 0 aliphatic carbocycles. The number of sulfonamides is 1. The molecular weight excluding hydrogens is 330 g/mol. The minimum atomic E-state index is -3.51. The van der Waals surface area contributed by atoms with Crippen LogP contribution in [0, 0.1) is 5.92 Å². The quantitative estimate of drug-likeness (QED) is 0.729. The molecule has 2 amide bonds. The molecule has 0 spiro atoms. The fourth-order valence-electron chi connectivity index (χ4n) is 2.99. The highest BCUT2D eigenvalue weighted by Gasteiger charge is 2.26. The molecule has 1 aliphatic heterocycles. The Kier molecular flexibility index (Phi) is 5.95. The van der Waals surface area contributed by atoms with Gasteiger partial charge in [0, 0.05) is 25.1 Å². The van der Waals surface area contributed by atoms with Crippen LogP contribution in [0.15, 0.2) is 24.3 Å². The molecule has 1 heterocycles. The summed E-state index contributed by atoms with van der Waals surface area (Å²) in [6.07, 6.45) is 2.11. The predicted molar refractivity (Wildman–Crippen MR) is 90.6 cm³/mol. The number of hydrogen-bond acceptors (Lipinski definition) is 4. The Morgan fingerprint density at radius 2 is 2.04 bits per heavy atom. The summed E-state index contributed by atoms with van der Waals surface area (Å²) >= 11 is 0. The van der Waals surface area contributed by atoms with Gasteiger partial charge < -0.3 is 10.6 Å². The molecular formula is C16H23N3O4S. The number of nitrogens with zero attached hydrogens (tertiary/aromatic N) is 1. The summed E-state index contributed by atoms with van der Waals surface area (Å²) in [5, 5.41) is 4.93. The van der Waals surface area contributed by atoms with Crippen molar-refractivity contribution in [3.05, 3.63) is 35.4 Å². The van der Waals surface area contributed by atoms with Gasteiger partial charge in [-0.3, -0.25) is 9.59 Å². The van der Waals surface area contributed by atoms with E-state index in [1.807, 2.05) is 6.07 Å². The van der Waals surface area contributed by atoms with Crippen LogP contribution in [0.25, 0.3) is 0 Å². The van der Waals surface area contributed by atoms with Crippen molar-refractivity contribution in [1.82, 2.24) is 4.90 Å². The molecule has 1 aromatic carbocycles. The largest absolute Gasteiger partial charge is 0.366 e. The third-order valence-corrected chi connectivity index (χ3v) is 5.05. The number of nitrogens with two attached hydrogens (primary N) is 2. The smallest absolute Gasteiger partial charge is 0.248 e. The van der Waals surface area contributed by atoms with Gasteiger partial charge >= 0.3 is 0 Å². The lowest BCUT2D eigenvalue weighted by Gasteiger charge is -2.16. The molecule has 1 aromatic rings. The lowest BCUT2D eigenvalue weighted by Crippen LogP contribution is -2.29. The van der Waals surface area contributed by atoms with Crippen molar-refractivity contribution in [3.8, 4) is 0 Å². The van der Waals surface area contributed by atoms with Crippen molar-refractivity contribution < 1.29 is 18.0 Å². The van der Waals surface area contributed by atoms with Gasteiger partial charge in [0.2, 0.25) is 21.8 Å². The molecule has 1 fully saturated rings. The summed E-state index contributed by atoms with van der Waals surface area (Å²) in [7, 11) is -3.51. The number of hydrogen-bond donors (Lipinski definition) is 2. The first-order valence-corrected chi connectivity index (χ1v) is 9.63. The Labute approximate surface area is 142 Å². The van der Waals surface area contributed by atoms with Crippen LogP contribution in [0.5, 0.6) is 0 Å². The van der Waals surface area contributed by atoms with Crippen LogP contribution in [-0.2, 0) is 21.2 Å². The molecule has 24 heavy (non-hydrogen) atoms. The lowest BCUT2D eigenvalue weighted by molar-refractivity contribution is -0.130. The van der Waals surface area contributed by atoms with Gasteiger partial charge in [-0.25, -0.2) is 13.6 Å². The Morgan fingerprint density at radius 3 is 2.71 bits per heavy atom. The minimum Gasteiger partial charge on any atom is -0.366 e. The van der Waals surface area contributed by atoms with Gasteiger partial charge in [-0.15, -0.1) is 0 Å². The number of primary sulfonamides is 1. The average Bonchev–Trinajstić information content (AvgIpc) is 2.94. The first-order chi connectivity index (χ1) is 11.2. The first-order valence-electron chi connectivity index (χ1n) is 7.91. The van der Waals surface area contributed by atoms with Crippen LogP contribution in [0.3, 0.4) is 0 Å². The molecule has 2 rings (SSSR count). The maximum atomic E-state index is 12.1. The minimum absolute atomic E-state index is 0.0352. The van der Waals surface area contributed by atoms with Crippen LogP contribution in [-0.4, -0.2) is 44.0 Å². The van der Waals surface area contributed by atoms with Crippen molar-refractivity contribution in [1.29, 1.82) is 0 Å². The number of benzene rings is 1. The zero-order valence-corrected chi connectivity index (χ0v) is 14.3. The molecule has 7 nitrogen and oxygen atoms in total. The first kappa shape index (κ1) is 18.4. The molecule has 1 aliphatic rings. The maximum Gasteiger partial charge on any atom is 0.248 e. The van der Waals surface area contributed by atoms with Gasteiger partial charge in [0.05, 0.1) is 5.75 Å². The lowest BCUT2D eigenvalue weighted by atomic mass is 9.97. The molecule has 1 atom stereocenters. The molecule has 0 saturated carbocycles. The maximum absolute atomic E-state index is 12.1. The topological polar surface area (TPSA) is 124 Å². The Morgan fingerprint density at radius 1 is 1.29 bits per heavy atom. The number of primary amides is 1. The molecule has 1 unspecified atom stereocenters. The van der Waals surface area contributed by atoms with Gasteiger partial charge in [0.25, 0.3) is 0 Å². The van der Waals surface area contributed by atoms with E-state index < -0.39 is 15.9 Å². The van der Waals surface area contributed by atoms with Gasteiger partial charge in [0.1, 0.15) is 0 Å². The Bertz CT molecular complexity index is 718. The van der Waals surface area contributed by atoms with Crippen LogP contribution in [0.2, 0.25) is 0 Å². The van der Waals surface area contributed by atoms with Gasteiger partial charge in [0.15, 0.2) is 0 Å². The number of rotatable bonds is 7. The van der Waals surface area contributed by atoms with Crippen LogP contribution < -0.4 is 10.9 Å². The molecule has 0 radical (unpaired) electrons. The number of likely N-dealkylation sites (tertiary alicyclic amines) is 1. The van der Waals surface area contributed by atoms with E-state index in [-0.39, 0.29) is 24.5 Å². The molecule has 0 bridgehead atoms. The molecule has 0 aromatic heterocycles. The molecule has 4 N–H and O–H groups in total. The highest BCUT2D eigenvalue weighted by molar-refractivity contribution is 7.89. The van der Waals surface area contributed by atoms with Crippen molar-refractivity contribution in [2.45, 2.75) is 25.7 Å².